The van der Waals surface area contributed by atoms with Crippen LogP contribution in [-0.2, 0) is 6.54 Å². The predicted molar refractivity (Wildman–Crippen MR) is 103 cm³/mol. The van der Waals surface area contributed by atoms with Crippen molar-refractivity contribution in [2.75, 3.05) is 24.5 Å². The number of anilines is 1. The highest BCUT2D eigenvalue weighted by molar-refractivity contribution is 5.95. The molecule has 0 saturated carbocycles. The summed E-state index contributed by atoms with van der Waals surface area (Å²) in [5.41, 5.74) is 2.97. The van der Waals surface area contributed by atoms with Gasteiger partial charge < -0.3 is 10.2 Å². The fraction of sp³-hybridized carbons (Fsp3) is 0.474. The topological polar surface area (TPSA) is 93.3 Å². The van der Waals surface area contributed by atoms with Crippen LogP contribution < -0.4 is 10.2 Å². The van der Waals surface area contributed by atoms with E-state index in [1.54, 1.807) is 12.1 Å². The molecule has 0 aliphatic carbocycles. The first-order chi connectivity index (χ1) is 13.0. The number of amides is 1. The molecule has 1 saturated heterocycles. The Morgan fingerprint density at radius 2 is 2.00 bits per heavy atom. The third kappa shape index (κ3) is 4.45. The first-order valence-corrected chi connectivity index (χ1v) is 9.28. The average Bonchev–Trinajstić information content (AvgIpc) is 3.27. The third-order valence-corrected chi connectivity index (χ3v) is 4.82. The number of nitro benzene ring substituents is 1. The molecule has 0 atom stereocenters. The Labute approximate surface area is 158 Å². The molecule has 1 aliphatic rings. The number of carbonyl (C=O) groups excluding carboxylic acids is 1. The summed E-state index contributed by atoms with van der Waals surface area (Å²) in [4.78, 5) is 25.4. The maximum atomic E-state index is 12.4. The van der Waals surface area contributed by atoms with Crippen LogP contribution in [0.25, 0.3) is 0 Å². The van der Waals surface area contributed by atoms with E-state index in [2.05, 4.69) is 10.4 Å². The molecule has 1 amide bonds. The van der Waals surface area contributed by atoms with Crippen LogP contribution in [-0.4, -0.2) is 40.2 Å². The lowest BCUT2D eigenvalue weighted by Gasteiger charge is -2.17. The first-order valence-electron chi connectivity index (χ1n) is 9.28. The Hall–Kier alpha value is -2.90. The van der Waals surface area contributed by atoms with E-state index >= 15 is 0 Å². The van der Waals surface area contributed by atoms with Crippen molar-refractivity contribution in [2.45, 2.75) is 39.7 Å². The Bertz CT molecular complexity index is 840. The molecule has 2 heterocycles. The molecule has 144 valence electrons. The van der Waals surface area contributed by atoms with Gasteiger partial charge in [-0.05, 0) is 51.3 Å². The van der Waals surface area contributed by atoms with Crippen molar-refractivity contribution in [3.8, 4) is 0 Å². The smallest absolute Gasteiger partial charge is 0.293 e. The van der Waals surface area contributed by atoms with Crippen molar-refractivity contribution < 1.29 is 9.72 Å². The SMILES string of the molecule is Cc1cc(C)n(CCCNC(=O)c2ccc(N3CCCC3)c([N+](=O)[O-])c2)n1. The zero-order valence-corrected chi connectivity index (χ0v) is 15.8. The Morgan fingerprint density at radius 1 is 1.26 bits per heavy atom. The van der Waals surface area contributed by atoms with Crippen molar-refractivity contribution in [3.05, 3.63) is 51.3 Å². The van der Waals surface area contributed by atoms with E-state index in [0.29, 0.717) is 24.3 Å². The molecular formula is C19H25N5O3. The molecule has 8 heteroatoms. The minimum absolute atomic E-state index is 0.00723. The molecule has 1 aromatic carbocycles. The number of nitro groups is 1. The average molecular weight is 371 g/mol. The molecule has 27 heavy (non-hydrogen) atoms. The maximum absolute atomic E-state index is 12.4. The van der Waals surface area contributed by atoms with E-state index in [1.165, 1.54) is 6.07 Å². The van der Waals surface area contributed by atoms with E-state index < -0.39 is 4.92 Å². The monoisotopic (exact) mass is 371 g/mol. The van der Waals surface area contributed by atoms with Gasteiger partial charge in [-0.1, -0.05) is 0 Å². The summed E-state index contributed by atoms with van der Waals surface area (Å²) in [6, 6.07) is 6.74. The van der Waals surface area contributed by atoms with Gasteiger partial charge in [-0.15, -0.1) is 0 Å². The number of carbonyl (C=O) groups is 1. The van der Waals surface area contributed by atoms with Crippen LogP contribution in [0.15, 0.2) is 24.3 Å². The molecule has 0 bridgehead atoms. The van der Waals surface area contributed by atoms with Gasteiger partial charge in [-0.3, -0.25) is 19.6 Å². The van der Waals surface area contributed by atoms with Gasteiger partial charge in [0.15, 0.2) is 0 Å². The van der Waals surface area contributed by atoms with Gasteiger partial charge in [-0.2, -0.15) is 5.10 Å². The number of aromatic nitrogens is 2. The van der Waals surface area contributed by atoms with Gasteiger partial charge in [0.1, 0.15) is 5.69 Å². The second-order valence-electron chi connectivity index (χ2n) is 6.91. The van der Waals surface area contributed by atoms with Crippen LogP contribution in [0, 0.1) is 24.0 Å². The fourth-order valence-electron chi connectivity index (χ4n) is 3.47. The van der Waals surface area contributed by atoms with E-state index in [4.69, 9.17) is 0 Å². The number of hydrogen-bond donors (Lipinski definition) is 1. The summed E-state index contributed by atoms with van der Waals surface area (Å²) in [6.45, 7) is 6.79. The number of nitrogens with one attached hydrogen (secondary N) is 1. The zero-order valence-electron chi connectivity index (χ0n) is 15.8. The molecule has 1 fully saturated rings. The molecule has 0 radical (unpaired) electrons. The number of benzene rings is 1. The molecule has 1 N–H and O–H groups in total. The van der Waals surface area contributed by atoms with Crippen molar-refractivity contribution >= 4 is 17.3 Å². The third-order valence-electron chi connectivity index (χ3n) is 4.82. The van der Waals surface area contributed by atoms with Crippen LogP contribution >= 0.6 is 0 Å². The van der Waals surface area contributed by atoms with Crippen LogP contribution in [0.3, 0.4) is 0 Å². The number of nitrogens with zero attached hydrogens (tertiary/aromatic N) is 4. The Kier molecular flexibility index (Phi) is 5.73. The van der Waals surface area contributed by atoms with Gasteiger partial charge >= 0.3 is 0 Å². The minimum Gasteiger partial charge on any atom is -0.366 e. The van der Waals surface area contributed by atoms with Crippen LogP contribution in [0.2, 0.25) is 0 Å². The molecule has 2 aromatic rings. The van der Waals surface area contributed by atoms with Crippen molar-refractivity contribution in [1.82, 2.24) is 15.1 Å². The van der Waals surface area contributed by atoms with Gasteiger partial charge in [0.2, 0.25) is 0 Å². The highest BCUT2D eigenvalue weighted by atomic mass is 16.6. The van der Waals surface area contributed by atoms with Gasteiger partial charge in [0.25, 0.3) is 11.6 Å². The van der Waals surface area contributed by atoms with Gasteiger partial charge in [0, 0.05) is 43.5 Å². The highest BCUT2D eigenvalue weighted by Gasteiger charge is 2.23. The quantitative estimate of drug-likeness (QED) is 0.459. The second-order valence-corrected chi connectivity index (χ2v) is 6.91. The lowest BCUT2D eigenvalue weighted by Crippen LogP contribution is -2.26. The van der Waals surface area contributed by atoms with Crippen molar-refractivity contribution in [1.29, 1.82) is 0 Å². The molecule has 0 spiro atoms. The van der Waals surface area contributed by atoms with E-state index in [9.17, 15) is 14.9 Å². The maximum Gasteiger partial charge on any atom is 0.293 e. The first kappa shape index (κ1) is 18.9. The standard InChI is InChI=1S/C19H25N5O3/c1-14-12-15(2)23(21-14)11-5-8-20-19(25)16-6-7-17(18(13-16)24(26)27)22-9-3-4-10-22/h6-7,12-13H,3-5,8-11H2,1-2H3,(H,20,25). The lowest BCUT2D eigenvalue weighted by molar-refractivity contribution is -0.384. The summed E-state index contributed by atoms with van der Waals surface area (Å²) in [7, 11) is 0. The number of aryl methyl sites for hydroxylation is 3. The van der Waals surface area contributed by atoms with Crippen LogP contribution in [0.1, 0.15) is 41.0 Å². The summed E-state index contributed by atoms with van der Waals surface area (Å²) in [5, 5.41) is 18.7. The zero-order chi connectivity index (χ0) is 19.4. The van der Waals surface area contributed by atoms with E-state index in [-0.39, 0.29) is 11.6 Å². The number of rotatable bonds is 7. The Balaban J connectivity index is 1.60. The van der Waals surface area contributed by atoms with Crippen LogP contribution in [0.4, 0.5) is 11.4 Å². The van der Waals surface area contributed by atoms with Gasteiger partial charge in [-0.25, -0.2) is 0 Å². The lowest BCUT2D eigenvalue weighted by atomic mass is 10.1. The highest BCUT2D eigenvalue weighted by Crippen LogP contribution is 2.31. The Morgan fingerprint density at radius 3 is 2.63 bits per heavy atom. The normalized spacial score (nSPS) is 13.8. The van der Waals surface area contributed by atoms with E-state index in [1.807, 2.05) is 29.5 Å². The largest absolute Gasteiger partial charge is 0.366 e. The summed E-state index contributed by atoms with van der Waals surface area (Å²) in [6.07, 6.45) is 2.81. The molecule has 1 aliphatic heterocycles. The van der Waals surface area contributed by atoms with Gasteiger partial charge in [0.05, 0.1) is 10.6 Å². The fourth-order valence-corrected chi connectivity index (χ4v) is 3.47. The van der Waals surface area contributed by atoms with E-state index in [0.717, 1.165) is 43.7 Å². The molecule has 0 unspecified atom stereocenters. The summed E-state index contributed by atoms with van der Waals surface area (Å²) < 4.78 is 1.91. The summed E-state index contributed by atoms with van der Waals surface area (Å²) in [5.74, 6) is -0.292. The predicted octanol–water partition coefficient (Wildman–Crippen LogP) is 2.83. The second kappa shape index (κ2) is 8.20. The molecule has 1 aromatic heterocycles. The van der Waals surface area contributed by atoms with Crippen LogP contribution in [0.5, 0.6) is 0 Å². The van der Waals surface area contributed by atoms with Crippen molar-refractivity contribution in [2.24, 2.45) is 0 Å². The van der Waals surface area contributed by atoms with Crippen molar-refractivity contribution in [3.63, 3.8) is 0 Å². The summed E-state index contributed by atoms with van der Waals surface area (Å²) >= 11 is 0. The number of hydrogen-bond acceptors (Lipinski definition) is 5. The molecule has 8 nitrogen and oxygen atoms in total. The molecular weight excluding hydrogens is 346 g/mol. The molecule has 3 rings (SSSR count). The minimum atomic E-state index is -0.409.